The molecule has 3 aliphatic rings. The topological polar surface area (TPSA) is 64.3 Å². The maximum absolute atomic E-state index is 12.2. The highest BCUT2D eigenvalue weighted by Gasteiger charge is 2.51. The minimum absolute atomic E-state index is 0.0358. The van der Waals surface area contributed by atoms with Gasteiger partial charge in [-0.15, -0.1) is 0 Å². The molecule has 5 unspecified atom stereocenters. The van der Waals surface area contributed by atoms with Gasteiger partial charge in [-0.1, -0.05) is 12.2 Å². The molecule has 1 amide bonds. The fourth-order valence-electron chi connectivity index (χ4n) is 3.44. The number of rotatable bonds is 2. The molecule has 1 saturated heterocycles. The van der Waals surface area contributed by atoms with Crippen molar-refractivity contribution < 1.29 is 9.53 Å². The lowest BCUT2D eigenvalue weighted by molar-refractivity contribution is -0.142. The molecule has 5 atom stereocenters. The number of carbonyl (C=O) groups is 1. The van der Waals surface area contributed by atoms with Gasteiger partial charge < -0.3 is 15.8 Å². The molecular weight excluding hydrogens is 228 g/mol. The fourth-order valence-corrected chi connectivity index (χ4v) is 3.44. The van der Waals surface area contributed by atoms with Gasteiger partial charge in [-0.05, 0) is 32.1 Å². The van der Waals surface area contributed by atoms with E-state index in [1.54, 1.807) is 0 Å². The van der Waals surface area contributed by atoms with Gasteiger partial charge in [0.25, 0.3) is 0 Å². The zero-order valence-electron chi connectivity index (χ0n) is 10.7. The maximum Gasteiger partial charge on any atom is 0.223 e. The number of allylic oxidation sites excluding steroid dienone is 2. The predicted molar refractivity (Wildman–Crippen MR) is 68.9 cm³/mol. The largest absolute Gasteiger partial charge is 0.376 e. The SMILES string of the molecule is NC1C2CCCOC2C1NC(=O)C1CC=CCC1. The Morgan fingerprint density at radius 1 is 1.33 bits per heavy atom. The quantitative estimate of drug-likeness (QED) is 0.718. The van der Waals surface area contributed by atoms with E-state index < -0.39 is 0 Å². The lowest BCUT2D eigenvalue weighted by atomic mass is 9.68. The average molecular weight is 250 g/mol. The summed E-state index contributed by atoms with van der Waals surface area (Å²) < 4.78 is 5.74. The molecule has 0 bridgehead atoms. The third-order valence-electron chi connectivity index (χ3n) is 4.63. The lowest BCUT2D eigenvalue weighted by Crippen LogP contribution is -2.72. The third kappa shape index (κ3) is 2.08. The number of carbonyl (C=O) groups excluding carboxylic acids is 1. The van der Waals surface area contributed by atoms with Gasteiger partial charge >= 0.3 is 0 Å². The van der Waals surface area contributed by atoms with Crippen LogP contribution < -0.4 is 11.1 Å². The van der Waals surface area contributed by atoms with E-state index in [0.29, 0.717) is 5.92 Å². The third-order valence-corrected chi connectivity index (χ3v) is 4.63. The summed E-state index contributed by atoms with van der Waals surface area (Å²) in [6, 6.07) is 0.118. The molecule has 0 aromatic heterocycles. The second-order valence-electron chi connectivity index (χ2n) is 5.73. The molecular formula is C14H22N2O2. The summed E-state index contributed by atoms with van der Waals surface area (Å²) in [5.41, 5.74) is 6.15. The van der Waals surface area contributed by atoms with Crippen LogP contribution in [-0.2, 0) is 9.53 Å². The first kappa shape index (κ1) is 12.2. The van der Waals surface area contributed by atoms with Crippen molar-refractivity contribution in [2.45, 2.75) is 50.3 Å². The smallest absolute Gasteiger partial charge is 0.223 e. The molecule has 2 fully saturated rings. The number of amides is 1. The molecule has 0 aromatic rings. The Morgan fingerprint density at radius 3 is 3.00 bits per heavy atom. The van der Waals surface area contributed by atoms with Gasteiger partial charge in [0.15, 0.2) is 0 Å². The monoisotopic (exact) mass is 250 g/mol. The van der Waals surface area contributed by atoms with Gasteiger partial charge in [-0.25, -0.2) is 0 Å². The summed E-state index contributed by atoms with van der Waals surface area (Å²) in [5.74, 6) is 0.743. The Hall–Kier alpha value is -0.870. The number of hydrogen-bond acceptors (Lipinski definition) is 3. The Labute approximate surface area is 108 Å². The molecule has 4 nitrogen and oxygen atoms in total. The molecule has 100 valence electrons. The van der Waals surface area contributed by atoms with Crippen molar-refractivity contribution in [3.63, 3.8) is 0 Å². The Kier molecular flexibility index (Phi) is 3.39. The minimum atomic E-state index is 0.0358. The fraction of sp³-hybridized carbons (Fsp3) is 0.786. The average Bonchev–Trinajstić information content (AvgIpc) is 2.45. The van der Waals surface area contributed by atoms with Crippen LogP contribution in [0.5, 0.6) is 0 Å². The first-order valence-electron chi connectivity index (χ1n) is 7.10. The van der Waals surface area contributed by atoms with E-state index in [0.717, 1.165) is 38.7 Å². The van der Waals surface area contributed by atoms with Crippen molar-refractivity contribution in [3.8, 4) is 0 Å². The van der Waals surface area contributed by atoms with Gasteiger partial charge in [0.05, 0.1) is 12.1 Å². The number of ether oxygens (including phenoxy) is 1. The number of fused-ring (bicyclic) bond motifs is 1. The van der Waals surface area contributed by atoms with Crippen LogP contribution >= 0.6 is 0 Å². The zero-order chi connectivity index (χ0) is 12.5. The number of nitrogens with one attached hydrogen (secondary N) is 1. The highest BCUT2D eigenvalue weighted by Crippen LogP contribution is 2.37. The van der Waals surface area contributed by atoms with Crippen LogP contribution in [0.4, 0.5) is 0 Å². The van der Waals surface area contributed by atoms with Crippen molar-refractivity contribution >= 4 is 5.91 Å². The summed E-state index contributed by atoms with van der Waals surface area (Å²) in [6.07, 6.45) is 9.50. The van der Waals surface area contributed by atoms with Crippen LogP contribution in [0.1, 0.15) is 32.1 Å². The van der Waals surface area contributed by atoms with Crippen LogP contribution in [0.25, 0.3) is 0 Å². The minimum Gasteiger partial charge on any atom is -0.376 e. The first-order valence-corrected chi connectivity index (χ1v) is 7.10. The molecule has 0 spiro atoms. The van der Waals surface area contributed by atoms with Crippen molar-refractivity contribution in [2.24, 2.45) is 17.6 Å². The molecule has 1 heterocycles. The van der Waals surface area contributed by atoms with E-state index >= 15 is 0 Å². The Balaban J connectivity index is 1.56. The van der Waals surface area contributed by atoms with Gasteiger partial charge in [-0.2, -0.15) is 0 Å². The van der Waals surface area contributed by atoms with Crippen molar-refractivity contribution in [3.05, 3.63) is 12.2 Å². The van der Waals surface area contributed by atoms with E-state index in [1.807, 2.05) is 0 Å². The Bertz CT molecular complexity index is 356. The predicted octanol–water partition coefficient (Wildman–Crippen LogP) is 0.964. The van der Waals surface area contributed by atoms with Gasteiger partial charge in [0, 0.05) is 24.5 Å². The molecule has 1 aliphatic heterocycles. The van der Waals surface area contributed by atoms with Crippen LogP contribution in [0.2, 0.25) is 0 Å². The van der Waals surface area contributed by atoms with E-state index in [2.05, 4.69) is 17.5 Å². The molecule has 18 heavy (non-hydrogen) atoms. The van der Waals surface area contributed by atoms with E-state index in [1.165, 1.54) is 0 Å². The van der Waals surface area contributed by atoms with Gasteiger partial charge in [-0.3, -0.25) is 4.79 Å². The summed E-state index contributed by atoms with van der Waals surface area (Å²) in [6.45, 7) is 0.812. The molecule has 3 rings (SSSR count). The Morgan fingerprint density at radius 2 is 2.22 bits per heavy atom. The highest BCUT2D eigenvalue weighted by molar-refractivity contribution is 5.79. The van der Waals surface area contributed by atoms with E-state index in [4.69, 9.17) is 10.5 Å². The second kappa shape index (κ2) is 5.02. The van der Waals surface area contributed by atoms with Crippen LogP contribution in [0.3, 0.4) is 0 Å². The number of hydrogen-bond donors (Lipinski definition) is 2. The molecule has 2 aliphatic carbocycles. The molecule has 0 radical (unpaired) electrons. The lowest BCUT2D eigenvalue weighted by Gasteiger charge is -2.52. The van der Waals surface area contributed by atoms with Crippen LogP contribution in [0.15, 0.2) is 12.2 Å². The molecule has 4 heteroatoms. The molecule has 0 aromatic carbocycles. The van der Waals surface area contributed by atoms with E-state index in [9.17, 15) is 4.79 Å². The summed E-state index contributed by atoms with van der Waals surface area (Å²) in [7, 11) is 0. The second-order valence-corrected chi connectivity index (χ2v) is 5.73. The first-order chi connectivity index (χ1) is 8.77. The zero-order valence-corrected chi connectivity index (χ0v) is 10.7. The highest BCUT2D eigenvalue weighted by atomic mass is 16.5. The van der Waals surface area contributed by atoms with Crippen molar-refractivity contribution in [1.82, 2.24) is 5.32 Å². The van der Waals surface area contributed by atoms with Crippen LogP contribution in [0, 0.1) is 11.8 Å². The van der Waals surface area contributed by atoms with Gasteiger partial charge in [0.2, 0.25) is 5.91 Å². The van der Waals surface area contributed by atoms with Gasteiger partial charge in [0.1, 0.15) is 0 Å². The normalized spacial score (nSPS) is 42.8. The molecule has 3 N–H and O–H groups in total. The molecule has 1 saturated carbocycles. The van der Waals surface area contributed by atoms with Crippen LogP contribution in [-0.4, -0.2) is 30.7 Å². The number of nitrogens with two attached hydrogens (primary N) is 1. The van der Waals surface area contributed by atoms with Crippen molar-refractivity contribution in [2.75, 3.05) is 6.61 Å². The summed E-state index contributed by atoms with van der Waals surface area (Å²) in [5, 5.41) is 3.11. The maximum atomic E-state index is 12.2. The van der Waals surface area contributed by atoms with Crippen molar-refractivity contribution in [1.29, 1.82) is 0 Å². The summed E-state index contributed by atoms with van der Waals surface area (Å²) >= 11 is 0. The van der Waals surface area contributed by atoms with E-state index in [-0.39, 0.29) is 30.0 Å². The standard InChI is InChI=1S/C14H22N2O2/c15-11-10-7-4-8-18-13(10)12(11)16-14(17)9-5-2-1-3-6-9/h1-2,9-13H,3-8,15H2,(H,16,17). The summed E-state index contributed by atoms with van der Waals surface area (Å²) in [4.78, 5) is 12.2.